The largest absolute Gasteiger partial charge is 0.306 e. The lowest BCUT2D eigenvalue weighted by Crippen LogP contribution is -2.46. The minimum atomic E-state index is 0.750. The van der Waals surface area contributed by atoms with E-state index in [1.165, 1.54) is 304 Å². The van der Waals surface area contributed by atoms with Gasteiger partial charge in [0.15, 0.2) is 0 Å². The van der Waals surface area contributed by atoms with Crippen molar-refractivity contribution in [3.8, 4) is 0 Å². The van der Waals surface area contributed by atoms with E-state index in [1.807, 2.05) is 0 Å². The predicted octanol–water partition coefficient (Wildman–Crippen LogP) is 23.1. The molecule has 0 N–H and O–H groups in total. The Morgan fingerprint density at radius 3 is 0.738 bits per heavy atom. The summed E-state index contributed by atoms with van der Waals surface area (Å²) < 4.78 is 0. The first-order chi connectivity index (χ1) is 48.7. The molecule has 0 spiro atoms. The van der Waals surface area contributed by atoms with Crippen molar-refractivity contribution < 1.29 is 0 Å². The van der Waals surface area contributed by atoms with E-state index in [0.29, 0.717) is 0 Å². The zero-order valence-corrected chi connectivity index (χ0v) is 76.2. The van der Waals surface area contributed by atoms with Crippen molar-refractivity contribution in [2.24, 2.45) is 101 Å². The average molecular weight is 1450 g/mol. The Hall–Kier alpha value is -0.360. The van der Waals surface area contributed by atoms with Crippen LogP contribution in [0.2, 0.25) is 0 Å². The van der Waals surface area contributed by atoms with Gasteiger partial charge in [-0.1, -0.05) is 190 Å². The van der Waals surface area contributed by atoms with Crippen molar-refractivity contribution in [1.29, 1.82) is 0 Å². The van der Waals surface area contributed by atoms with Gasteiger partial charge in [0.05, 0.1) is 0 Å². The standard InChI is InChI=1S/2C13H27N.C12H26N2.2C12H25N.2C11H23N.C10H21N/c1-11(2)5-6-13-7-9-14(10-8-13)12(3)4;1-5-13(11(2)3)10-12-6-8-14(4)9-7-12;1-5-12(11(2)3)10-14-8-6-13(4)7-9-14;1-10(2)9-12-5-7-13(8-6-12)11(3)4;1-4-13-9-7-12(8-10-13)6-5-11(2)3;1-10(2)4-5-11-6-8-12(3)9-7-11;1-4-12-7-5-11(6-8-12)9-10(2)3;1-9(2)8-10-4-6-11(3)7-5-10/h2*11-13H,5-10H2,1-4H3;11-12H,5-10H2,1-4H3;10-12H,5-9H2,1-4H3;11-12H,4-10H2,1-3H3;2*10-11H,4-9H2,1-3H3;9-10H,4-8H2,1-3H3. The maximum atomic E-state index is 2.63. The highest BCUT2D eigenvalue weighted by atomic mass is 15.2. The van der Waals surface area contributed by atoms with Crippen molar-refractivity contribution in [1.82, 2.24) is 44.1 Å². The van der Waals surface area contributed by atoms with Crippen molar-refractivity contribution in [3.05, 3.63) is 0 Å². The highest BCUT2D eigenvalue weighted by molar-refractivity contribution is 4.80. The molecule has 0 aromatic carbocycles. The maximum Gasteiger partial charge on any atom is 0.0110 e. The summed E-state index contributed by atoms with van der Waals surface area (Å²) >= 11 is 0. The van der Waals surface area contributed by atoms with Gasteiger partial charge < -0.3 is 44.1 Å². The van der Waals surface area contributed by atoms with E-state index in [-0.39, 0.29) is 0 Å². The molecular weight excluding hydrogens is 1260 g/mol. The van der Waals surface area contributed by atoms with Crippen LogP contribution in [0.5, 0.6) is 0 Å². The molecule has 2 unspecified atom stereocenters. The fraction of sp³-hybridized carbons (Fsp3) is 1.00. The Balaban J connectivity index is 0.000000589. The Labute approximate surface area is 652 Å². The topological polar surface area (TPSA) is 29.2 Å². The van der Waals surface area contributed by atoms with Crippen LogP contribution in [0.15, 0.2) is 0 Å². The van der Waals surface area contributed by atoms with Gasteiger partial charge in [-0.25, -0.2) is 0 Å². The van der Waals surface area contributed by atoms with Gasteiger partial charge in [-0.15, -0.1) is 0 Å². The van der Waals surface area contributed by atoms with Crippen molar-refractivity contribution >= 4 is 0 Å². The zero-order valence-electron chi connectivity index (χ0n) is 76.2. The quantitative estimate of drug-likeness (QED) is 0.0798. The molecule has 9 nitrogen and oxygen atoms in total. The van der Waals surface area contributed by atoms with Gasteiger partial charge in [0.25, 0.3) is 0 Å². The van der Waals surface area contributed by atoms with Crippen LogP contribution >= 0.6 is 0 Å². The van der Waals surface area contributed by atoms with Gasteiger partial charge in [0, 0.05) is 44.8 Å². The molecule has 0 radical (unpaired) electrons. The Morgan fingerprint density at radius 1 is 0.243 bits per heavy atom. The normalized spacial score (nSPS) is 22.1. The van der Waals surface area contributed by atoms with E-state index < -0.39 is 0 Å². The van der Waals surface area contributed by atoms with Crippen LogP contribution < -0.4 is 0 Å². The Morgan fingerprint density at radius 2 is 0.485 bits per heavy atom. The third-order valence-electron chi connectivity index (χ3n) is 26.1. The van der Waals surface area contributed by atoms with Crippen molar-refractivity contribution in [3.63, 3.8) is 0 Å². The third-order valence-corrected chi connectivity index (χ3v) is 26.1. The number of hydrogen-bond acceptors (Lipinski definition) is 9. The minimum Gasteiger partial charge on any atom is -0.306 e. The molecule has 0 aromatic heterocycles. The summed E-state index contributed by atoms with van der Waals surface area (Å²) in [6.45, 7) is 83.4. The molecular formula is C94H197N9. The fourth-order valence-corrected chi connectivity index (χ4v) is 17.8. The van der Waals surface area contributed by atoms with Crippen molar-refractivity contribution in [2.45, 2.75) is 345 Å². The number of likely N-dealkylation sites (N-methyl/N-ethyl adjacent to an activating group) is 1. The second kappa shape index (κ2) is 60.3. The highest BCUT2D eigenvalue weighted by Gasteiger charge is 2.26. The van der Waals surface area contributed by atoms with Gasteiger partial charge in [-0.2, -0.15) is 0 Å². The van der Waals surface area contributed by atoms with Gasteiger partial charge in [-0.3, -0.25) is 0 Å². The lowest BCUT2D eigenvalue weighted by molar-refractivity contribution is 0.123. The van der Waals surface area contributed by atoms with Gasteiger partial charge >= 0.3 is 0 Å². The average Bonchev–Trinajstić information content (AvgIpc) is 0.958. The van der Waals surface area contributed by atoms with E-state index >= 15 is 0 Å². The number of hydrogen-bond donors (Lipinski definition) is 0. The second-order valence-corrected chi connectivity index (χ2v) is 39.6. The summed E-state index contributed by atoms with van der Waals surface area (Å²) in [6.07, 6.45) is 37.2. The van der Waals surface area contributed by atoms with E-state index in [0.717, 1.165) is 113 Å². The van der Waals surface area contributed by atoms with E-state index in [1.54, 1.807) is 0 Å². The van der Waals surface area contributed by atoms with Crippen LogP contribution in [-0.2, 0) is 0 Å². The minimum absolute atomic E-state index is 0.750. The van der Waals surface area contributed by atoms with Crippen LogP contribution in [0.25, 0.3) is 0 Å². The molecule has 9 heteroatoms. The molecule has 8 rings (SSSR count). The molecule has 8 fully saturated rings. The number of piperazine rings is 1. The molecule has 8 saturated heterocycles. The van der Waals surface area contributed by atoms with Gasteiger partial charge in [0.2, 0.25) is 0 Å². The molecule has 0 aliphatic carbocycles. The molecule has 0 amide bonds. The molecule has 0 saturated carbocycles. The van der Waals surface area contributed by atoms with Crippen LogP contribution in [-0.4, -0.2) is 222 Å². The van der Waals surface area contributed by atoms with Crippen LogP contribution in [0.1, 0.15) is 333 Å². The van der Waals surface area contributed by atoms with Gasteiger partial charge in [-0.05, 0) is 377 Å². The maximum absolute atomic E-state index is 2.63. The molecule has 8 aliphatic rings. The summed E-state index contributed by atoms with van der Waals surface area (Å²) in [5.74, 6) is 16.0. The van der Waals surface area contributed by atoms with E-state index in [4.69, 9.17) is 0 Å². The fourth-order valence-electron chi connectivity index (χ4n) is 17.8. The zero-order chi connectivity index (χ0) is 77.4. The van der Waals surface area contributed by atoms with Crippen molar-refractivity contribution in [2.75, 3.05) is 166 Å². The first-order valence-corrected chi connectivity index (χ1v) is 46.1. The summed E-state index contributed by atoms with van der Waals surface area (Å²) in [6, 6.07) is 1.50. The Kier molecular flexibility index (Phi) is 58.9. The summed E-state index contributed by atoms with van der Waals surface area (Å²) in [4.78, 5) is 22.8. The summed E-state index contributed by atoms with van der Waals surface area (Å²) in [7, 11) is 8.93. The molecule has 103 heavy (non-hydrogen) atoms. The first-order valence-electron chi connectivity index (χ1n) is 46.1. The first kappa shape index (κ1) is 101. The van der Waals surface area contributed by atoms with E-state index in [9.17, 15) is 0 Å². The molecule has 2 atom stereocenters. The SMILES string of the molecule is CC(C)CC1CCN(C(C)C)CC1.CC(C)CC1CCN(C)CC1.CC(C)CCC1CCN(C(C)C)CC1.CC(C)CCC1CCN(C)CC1.CCC(CC1CCN(C)CC1)C(C)C.CCC(CN1CCN(C)CC1)C(C)C.CCN1CCC(CC(C)C)CC1.CCN1CCC(CCC(C)C)CC1. The van der Waals surface area contributed by atoms with Gasteiger partial charge in [0.1, 0.15) is 0 Å². The summed E-state index contributed by atoms with van der Waals surface area (Å²) in [5, 5.41) is 0. The summed E-state index contributed by atoms with van der Waals surface area (Å²) in [5.41, 5.74) is 0. The molecule has 8 aliphatic heterocycles. The molecule has 8 heterocycles. The number of piperidine rings is 7. The molecule has 0 aromatic rings. The predicted molar refractivity (Wildman–Crippen MR) is 466 cm³/mol. The monoisotopic (exact) mass is 1450 g/mol. The molecule has 0 bridgehead atoms. The van der Waals surface area contributed by atoms with E-state index in [2.05, 4.69) is 238 Å². The third kappa shape index (κ3) is 52.5. The van der Waals surface area contributed by atoms with Crippen LogP contribution in [0, 0.1) is 101 Å². The number of likely N-dealkylation sites (tertiary alicyclic amines) is 7. The number of rotatable bonds is 27. The number of nitrogens with zero attached hydrogens (tertiary/aromatic N) is 9. The molecule has 618 valence electrons. The lowest BCUT2D eigenvalue weighted by atomic mass is 9.81. The van der Waals surface area contributed by atoms with Crippen LogP contribution in [0.4, 0.5) is 0 Å². The van der Waals surface area contributed by atoms with Crippen LogP contribution in [0.3, 0.4) is 0 Å². The second-order valence-electron chi connectivity index (χ2n) is 39.6. The smallest absolute Gasteiger partial charge is 0.0110 e. The highest BCUT2D eigenvalue weighted by Crippen LogP contribution is 2.32. The Bertz CT molecular complexity index is 1770. The lowest BCUT2D eigenvalue weighted by Gasteiger charge is -2.35.